The summed E-state index contributed by atoms with van der Waals surface area (Å²) in [5.41, 5.74) is 3.81. The molecule has 3 aromatic rings. The van der Waals surface area contributed by atoms with Crippen molar-refractivity contribution in [2.75, 3.05) is 6.61 Å². The van der Waals surface area contributed by atoms with Gasteiger partial charge in [-0.05, 0) is 30.0 Å². The number of carboxylic acids is 1. The van der Waals surface area contributed by atoms with Crippen LogP contribution in [0.5, 0.6) is 5.75 Å². The number of ether oxygens (including phenoxy) is 2. The summed E-state index contributed by atoms with van der Waals surface area (Å²) in [6.45, 7) is 0.454. The van der Waals surface area contributed by atoms with Gasteiger partial charge in [0.2, 0.25) is 0 Å². The predicted molar refractivity (Wildman–Crippen MR) is 127 cm³/mol. The molecule has 1 fully saturated rings. The smallest absolute Gasteiger partial charge is 0.303 e. The number of aromatic hydroxyl groups is 1. The number of phenols is 1. The molecule has 1 unspecified atom stereocenters. The molecule has 0 radical (unpaired) electrons. The Bertz CT molecular complexity index is 1090. The van der Waals surface area contributed by atoms with Crippen molar-refractivity contribution in [2.45, 2.75) is 31.7 Å². The highest BCUT2D eigenvalue weighted by Gasteiger charge is 2.35. The van der Waals surface area contributed by atoms with Crippen LogP contribution in [0.3, 0.4) is 0 Å². The van der Waals surface area contributed by atoms with E-state index in [9.17, 15) is 9.90 Å². The van der Waals surface area contributed by atoms with Crippen molar-refractivity contribution in [1.29, 1.82) is 0 Å². The van der Waals surface area contributed by atoms with Crippen molar-refractivity contribution in [1.82, 2.24) is 0 Å². The van der Waals surface area contributed by atoms with E-state index in [1.54, 1.807) is 12.1 Å². The Morgan fingerprint density at radius 1 is 0.909 bits per heavy atom. The standard InChI is InChI=1S/C28H28O5/c29-25-17-10-9-16-24(25)27-21(13-5-2-6-18-26(30)31)19-32-28(33-27)23-15-8-7-14-22(23)20-11-3-1-4-12-20/h1-5,7-12,14-17,21,27-29H,6,13,18-19H2,(H,30,31)/t21-,27+,28?/m1/s1. The molecule has 0 saturated carbocycles. The third-order valence-electron chi connectivity index (χ3n) is 5.83. The predicted octanol–water partition coefficient (Wildman–Crippen LogP) is 6.27. The molecule has 33 heavy (non-hydrogen) atoms. The van der Waals surface area contributed by atoms with E-state index >= 15 is 0 Å². The lowest BCUT2D eigenvalue weighted by Gasteiger charge is -2.37. The topological polar surface area (TPSA) is 76.0 Å². The Hall–Kier alpha value is -3.41. The number of phenolic OH excluding ortho intramolecular Hbond substituents is 1. The minimum absolute atomic E-state index is 0.0143. The molecule has 0 aromatic heterocycles. The quantitative estimate of drug-likeness (QED) is 0.400. The Kier molecular flexibility index (Phi) is 7.55. The van der Waals surface area contributed by atoms with Gasteiger partial charge in [-0.1, -0.05) is 84.9 Å². The SMILES string of the molecule is O=C(O)CCC=CC[C@@H]1COC(c2ccccc2-c2ccccc2)O[C@@H]1c1ccccc1O. The van der Waals surface area contributed by atoms with Crippen LogP contribution in [0, 0.1) is 5.92 Å². The summed E-state index contributed by atoms with van der Waals surface area (Å²) >= 11 is 0. The average Bonchev–Trinajstić information content (AvgIpc) is 2.85. The van der Waals surface area contributed by atoms with E-state index in [-0.39, 0.29) is 24.2 Å². The van der Waals surface area contributed by atoms with Crippen molar-refractivity contribution in [3.8, 4) is 16.9 Å². The van der Waals surface area contributed by atoms with Gasteiger partial charge in [0.05, 0.1) is 12.7 Å². The summed E-state index contributed by atoms with van der Waals surface area (Å²) in [5, 5.41) is 19.4. The number of hydrogen-bond donors (Lipinski definition) is 2. The second kappa shape index (κ2) is 10.9. The summed E-state index contributed by atoms with van der Waals surface area (Å²) in [6, 6.07) is 25.4. The first-order chi connectivity index (χ1) is 16.1. The number of carbonyl (C=O) groups is 1. The lowest BCUT2D eigenvalue weighted by atomic mass is 9.90. The van der Waals surface area contributed by atoms with Crippen LogP contribution in [0.4, 0.5) is 0 Å². The zero-order chi connectivity index (χ0) is 23.0. The lowest BCUT2D eigenvalue weighted by Crippen LogP contribution is -2.30. The van der Waals surface area contributed by atoms with Crippen LogP contribution in [-0.4, -0.2) is 22.8 Å². The summed E-state index contributed by atoms with van der Waals surface area (Å²) in [5.74, 6) is -0.630. The van der Waals surface area contributed by atoms with Gasteiger partial charge in [-0.15, -0.1) is 0 Å². The number of carboxylic acid groups (broad SMARTS) is 1. The summed E-state index contributed by atoms with van der Waals surface area (Å²) < 4.78 is 12.7. The first-order valence-corrected chi connectivity index (χ1v) is 11.2. The van der Waals surface area contributed by atoms with Gasteiger partial charge >= 0.3 is 5.97 Å². The van der Waals surface area contributed by atoms with Crippen molar-refractivity contribution in [2.24, 2.45) is 5.92 Å². The number of aliphatic carboxylic acids is 1. The molecule has 3 atom stereocenters. The monoisotopic (exact) mass is 444 g/mol. The fraction of sp³-hybridized carbons (Fsp3) is 0.250. The maximum atomic E-state index is 10.7. The normalized spacial score (nSPS) is 20.7. The number of allylic oxidation sites excluding steroid dienone is 2. The molecule has 3 aromatic carbocycles. The van der Waals surface area contributed by atoms with Gasteiger partial charge in [-0.2, -0.15) is 0 Å². The van der Waals surface area contributed by atoms with Gasteiger partial charge in [0.25, 0.3) is 0 Å². The zero-order valence-electron chi connectivity index (χ0n) is 18.3. The molecule has 170 valence electrons. The molecule has 0 aliphatic carbocycles. The number of para-hydroxylation sites is 1. The Morgan fingerprint density at radius 2 is 1.61 bits per heavy atom. The number of rotatable bonds is 8. The molecule has 0 spiro atoms. The molecular weight excluding hydrogens is 416 g/mol. The van der Waals surface area contributed by atoms with E-state index in [1.165, 1.54) is 0 Å². The third kappa shape index (κ3) is 5.69. The van der Waals surface area contributed by atoms with Crippen LogP contribution in [0.1, 0.15) is 42.8 Å². The highest BCUT2D eigenvalue weighted by Crippen LogP contribution is 2.44. The first-order valence-electron chi connectivity index (χ1n) is 11.2. The van der Waals surface area contributed by atoms with Gasteiger partial charge in [-0.25, -0.2) is 0 Å². The van der Waals surface area contributed by atoms with Crippen molar-refractivity contribution in [3.63, 3.8) is 0 Å². The first kappa shape index (κ1) is 22.8. The fourth-order valence-electron chi connectivity index (χ4n) is 4.17. The fourth-order valence-corrected chi connectivity index (χ4v) is 4.17. The van der Waals surface area contributed by atoms with E-state index in [2.05, 4.69) is 18.2 Å². The molecule has 1 saturated heterocycles. The second-order valence-electron chi connectivity index (χ2n) is 8.13. The number of hydrogen-bond acceptors (Lipinski definition) is 4. The summed E-state index contributed by atoms with van der Waals surface area (Å²) in [7, 11) is 0. The molecule has 5 nitrogen and oxygen atoms in total. The highest BCUT2D eigenvalue weighted by molar-refractivity contribution is 5.67. The molecule has 1 heterocycles. The largest absolute Gasteiger partial charge is 0.508 e. The van der Waals surface area contributed by atoms with Crippen molar-refractivity contribution in [3.05, 3.63) is 102 Å². The molecule has 1 aliphatic heterocycles. The molecule has 5 heteroatoms. The van der Waals surface area contributed by atoms with Gasteiger partial charge in [0.15, 0.2) is 6.29 Å². The Balaban J connectivity index is 1.59. The zero-order valence-corrected chi connectivity index (χ0v) is 18.3. The highest BCUT2D eigenvalue weighted by atomic mass is 16.7. The average molecular weight is 445 g/mol. The summed E-state index contributed by atoms with van der Waals surface area (Å²) in [6.07, 6.45) is 4.17. The van der Waals surface area contributed by atoms with E-state index in [0.29, 0.717) is 19.4 Å². The molecular formula is C28H28O5. The summed E-state index contributed by atoms with van der Waals surface area (Å²) in [4.78, 5) is 10.7. The third-order valence-corrected chi connectivity index (χ3v) is 5.83. The maximum absolute atomic E-state index is 10.7. The van der Waals surface area contributed by atoms with Gasteiger partial charge in [0.1, 0.15) is 5.75 Å². The van der Waals surface area contributed by atoms with Crippen LogP contribution in [0.15, 0.2) is 91.0 Å². The van der Waals surface area contributed by atoms with Gasteiger partial charge in [-0.3, -0.25) is 4.79 Å². The van der Waals surface area contributed by atoms with E-state index in [0.717, 1.165) is 22.3 Å². The van der Waals surface area contributed by atoms with E-state index in [4.69, 9.17) is 14.6 Å². The van der Waals surface area contributed by atoms with E-state index in [1.807, 2.05) is 60.7 Å². The molecule has 4 rings (SSSR count). The van der Waals surface area contributed by atoms with Gasteiger partial charge < -0.3 is 19.7 Å². The maximum Gasteiger partial charge on any atom is 0.303 e. The molecule has 1 aliphatic rings. The molecule has 0 bridgehead atoms. The minimum atomic E-state index is -0.809. The van der Waals surface area contributed by atoms with Crippen LogP contribution >= 0.6 is 0 Å². The number of benzene rings is 3. The molecule has 2 N–H and O–H groups in total. The van der Waals surface area contributed by atoms with Crippen molar-refractivity contribution >= 4 is 5.97 Å². The minimum Gasteiger partial charge on any atom is -0.508 e. The van der Waals surface area contributed by atoms with E-state index < -0.39 is 12.3 Å². The van der Waals surface area contributed by atoms with Gasteiger partial charge in [0, 0.05) is 23.5 Å². The second-order valence-corrected chi connectivity index (χ2v) is 8.13. The Labute approximate surface area is 193 Å². The molecule has 0 amide bonds. The van der Waals surface area contributed by atoms with Crippen LogP contribution in [0.2, 0.25) is 0 Å². The van der Waals surface area contributed by atoms with Crippen molar-refractivity contribution < 1.29 is 24.5 Å². The van der Waals surface area contributed by atoms with Crippen LogP contribution in [0.25, 0.3) is 11.1 Å². The van der Waals surface area contributed by atoms with Crippen LogP contribution in [-0.2, 0) is 14.3 Å². The lowest BCUT2D eigenvalue weighted by molar-refractivity contribution is -0.243. The Morgan fingerprint density at radius 3 is 2.36 bits per heavy atom. The van der Waals surface area contributed by atoms with Crippen LogP contribution < -0.4 is 0 Å².